The Balaban J connectivity index is 1.87. The molecule has 2 heterocycles. The van der Waals surface area contributed by atoms with Gasteiger partial charge < -0.3 is 39.5 Å². The van der Waals surface area contributed by atoms with Crippen molar-refractivity contribution in [2.45, 2.75) is 92.6 Å². The molecule has 3 rings (SSSR count). The molecular weight excluding hydrogens is 696 g/mol. The lowest BCUT2D eigenvalue weighted by Crippen LogP contribution is -2.47. The molecule has 3 amide bonds. The summed E-state index contributed by atoms with van der Waals surface area (Å²) in [5.41, 5.74) is 5.88. The molecule has 54 heavy (non-hydrogen) atoms. The van der Waals surface area contributed by atoms with E-state index in [9.17, 15) is 19.2 Å². The van der Waals surface area contributed by atoms with Crippen LogP contribution in [0.2, 0.25) is 0 Å². The molecule has 1 saturated heterocycles. The number of pyridine rings is 1. The van der Waals surface area contributed by atoms with Crippen LogP contribution in [0.5, 0.6) is 11.5 Å². The second-order valence-corrected chi connectivity index (χ2v) is 15.1. The number of rotatable bonds is 21. The van der Waals surface area contributed by atoms with Gasteiger partial charge >= 0.3 is 12.1 Å². The zero-order valence-corrected chi connectivity index (χ0v) is 33.3. The van der Waals surface area contributed by atoms with E-state index in [-0.39, 0.29) is 42.5 Å². The van der Waals surface area contributed by atoms with Crippen LogP contribution in [0.4, 0.5) is 4.79 Å². The third-order valence-electron chi connectivity index (χ3n) is 9.89. The first kappa shape index (κ1) is 44.0. The number of carbonyl (C=O) groups excluding carboxylic acids is 4. The van der Waals surface area contributed by atoms with E-state index in [0.717, 1.165) is 12.0 Å². The van der Waals surface area contributed by atoms with Gasteiger partial charge in [-0.25, -0.2) is 9.59 Å². The summed E-state index contributed by atoms with van der Waals surface area (Å²) in [4.78, 5) is 57.4. The molecule has 1 aliphatic heterocycles. The number of nitrogens with zero attached hydrogens (tertiary/aromatic N) is 2. The van der Waals surface area contributed by atoms with Gasteiger partial charge in [-0.1, -0.05) is 33.8 Å². The molecule has 300 valence electrons. The number of carbonyl (C=O) groups is 4. The quantitative estimate of drug-likeness (QED) is 0.0952. The minimum absolute atomic E-state index is 0.0627. The number of methoxy groups -OCH3 is 2. The number of nitrogens with one attached hydrogen (secondary N) is 1. The summed E-state index contributed by atoms with van der Waals surface area (Å²) in [6.45, 7) is 14.1. The number of nitrogens with two attached hydrogens (primary N) is 1. The fourth-order valence-corrected chi connectivity index (χ4v) is 6.22. The zero-order valence-electron chi connectivity index (χ0n) is 33.3. The summed E-state index contributed by atoms with van der Waals surface area (Å²) in [6, 6.07) is 8.57. The molecule has 1 aliphatic rings. The number of benzene rings is 1. The van der Waals surface area contributed by atoms with Crippen molar-refractivity contribution in [1.82, 2.24) is 15.2 Å². The van der Waals surface area contributed by atoms with E-state index in [0.29, 0.717) is 44.0 Å². The maximum absolute atomic E-state index is 13.8. The Morgan fingerprint density at radius 2 is 1.74 bits per heavy atom. The first-order valence-electron chi connectivity index (χ1n) is 18.6. The van der Waals surface area contributed by atoms with E-state index in [1.54, 1.807) is 40.2 Å². The smallest absolute Gasteiger partial charge is 0.415 e. The first-order valence-corrected chi connectivity index (χ1v) is 18.6. The summed E-state index contributed by atoms with van der Waals surface area (Å²) >= 11 is 0. The van der Waals surface area contributed by atoms with Crippen LogP contribution >= 0.6 is 0 Å². The van der Waals surface area contributed by atoms with E-state index in [1.165, 1.54) is 24.2 Å². The van der Waals surface area contributed by atoms with Gasteiger partial charge in [-0.3, -0.25) is 19.5 Å². The topological polar surface area (TPSA) is 178 Å². The van der Waals surface area contributed by atoms with Crippen molar-refractivity contribution in [1.29, 1.82) is 0 Å². The predicted molar refractivity (Wildman–Crippen MR) is 202 cm³/mol. The highest BCUT2D eigenvalue weighted by atomic mass is 16.7. The van der Waals surface area contributed by atoms with Gasteiger partial charge in [0.05, 0.1) is 36.8 Å². The Morgan fingerprint density at radius 3 is 2.35 bits per heavy atom. The zero-order chi connectivity index (χ0) is 40.0. The van der Waals surface area contributed by atoms with Crippen molar-refractivity contribution in [2.75, 3.05) is 40.7 Å². The van der Waals surface area contributed by atoms with Gasteiger partial charge in [0.2, 0.25) is 18.1 Å². The molecule has 14 nitrogen and oxygen atoms in total. The third-order valence-corrected chi connectivity index (χ3v) is 9.89. The van der Waals surface area contributed by atoms with Crippen LogP contribution in [-0.2, 0) is 35.0 Å². The summed E-state index contributed by atoms with van der Waals surface area (Å²) in [5, 5.41) is 2.91. The van der Waals surface area contributed by atoms with Gasteiger partial charge in [0.15, 0.2) is 11.5 Å². The maximum atomic E-state index is 13.8. The van der Waals surface area contributed by atoms with Crippen LogP contribution in [0.1, 0.15) is 83.7 Å². The normalized spacial score (nSPS) is 17.5. The van der Waals surface area contributed by atoms with Crippen LogP contribution < -0.4 is 20.5 Å². The number of amides is 3. The Kier molecular flexibility index (Phi) is 17.0. The van der Waals surface area contributed by atoms with Gasteiger partial charge in [-0.2, -0.15) is 0 Å². The maximum Gasteiger partial charge on any atom is 0.415 e. The average Bonchev–Trinajstić information content (AvgIpc) is 3.53. The largest absolute Gasteiger partial charge is 0.493 e. The van der Waals surface area contributed by atoms with E-state index in [1.807, 2.05) is 32.0 Å². The van der Waals surface area contributed by atoms with Crippen molar-refractivity contribution in [3.63, 3.8) is 0 Å². The molecule has 1 aromatic carbocycles. The Morgan fingerprint density at radius 1 is 1.00 bits per heavy atom. The Hall–Kier alpha value is -4.43. The summed E-state index contributed by atoms with van der Waals surface area (Å²) < 4.78 is 34.1. The molecule has 0 radical (unpaired) electrons. The summed E-state index contributed by atoms with van der Waals surface area (Å²) in [7, 11) is 3.25. The van der Waals surface area contributed by atoms with Gasteiger partial charge in [-0.05, 0) is 80.7 Å². The van der Waals surface area contributed by atoms with Crippen molar-refractivity contribution >= 4 is 23.9 Å². The minimum Gasteiger partial charge on any atom is -0.493 e. The van der Waals surface area contributed by atoms with E-state index < -0.39 is 47.7 Å². The van der Waals surface area contributed by atoms with E-state index >= 15 is 0 Å². The summed E-state index contributed by atoms with van der Waals surface area (Å²) in [5.74, 6) is -0.470. The van der Waals surface area contributed by atoms with Crippen molar-refractivity contribution in [2.24, 2.45) is 34.8 Å². The highest BCUT2D eigenvalue weighted by Crippen LogP contribution is 2.36. The lowest BCUT2D eigenvalue weighted by Gasteiger charge is -2.33. The highest BCUT2D eigenvalue weighted by Gasteiger charge is 2.43. The fraction of sp³-hybridized carbons (Fsp3) is 0.625. The molecule has 1 aromatic heterocycles. The number of primary amides is 1. The molecular formula is C40H60N4O10. The van der Waals surface area contributed by atoms with Gasteiger partial charge in [0, 0.05) is 51.9 Å². The lowest BCUT2D eigenvalue weighted by molar-refractivity contribution is -0.130. The van der Waals surface area contributed by atoms with Crippen LogP contribution in [0.3, 0.4) is 0 Å². The predicted octanol–water partition coefficient (Wildman–Crippen LogP) is 5.37. The molecule has 5 unspecified atom stereocenters. The molecule has 2 aromatic rings. The Labute approximate surface area is 319 Å². The lowest BCUT2D eigenvalue weighted by atomic mass is 9.80. The molecule has 0 spiro atoms. The number of esters is 1. The van der Waals surface area contributed by atoms with Crippen LogP contribution in [0.15, 0.2) is 42.7 Å². The monoisotopic (exact) mass is 756 g/mol. The van der Waals surface area contributed by atoms with Crippen LogP contribution in [-0.4, -0.2) is 92.9 Å². The summed E-state index contributed by atoms with van der Waals surface area (Å²) in [6.07, 6.45) is 2.71. The second-order valence-electron chi connectivity index (χ2n) is 15.1. The molecule has 14 heteroatoms. The molecule has 0 bridgehead atoms. The van der Waals surface area contributed by atoms with Crippen molar-refractivity contribution < 1.29 is 47.6 Å². The molecule has 0 aliphatic carbocycles. The number of aromatic nitrogens is 1. The fourth-order valence-electron chi connectivity index (χ4n) is 6.22. The molecule has 0 saturated carbocycles. The van der Waals surface area contributed by atoms with Gasteiger partial charge in [0.25, 0.3) is 0 Å². The molecule has 5 atom stereocenters. The number of hydrogen-bond donors (Lipinski definition) is 2. The van der Waals surface area contributed by atoms with Gasteiger partial charge in [0.1, 0.15) is 6.73 Å². The van der Waals surface area contributed by atoms with E-state index in [2.05, 4.69) is 24.1 Å². The standard InChI is InChI=1S/C40H60N4O10/c1-25(2)30(18-28-13-14-33(50-9)35(19-28)51-17-11-16-49-8)20-32-34(21-31(26(3)4)36(45)43-23-40(6,7)38(41)47)52-24-44(32)39(48)54-27(5)53-37(46)29-12-10-15-42-22-29/h10,12-15,19,22,25-27,30-32,34H,11,16-18,20-21,23-24H2,1-9H3,(H2,41,47)(H,43,45). The van der Waals surface area contributed by atoms with Crippen LogP contribution in [0.25, 0.3) is 0 Å². The van der Waals surface area contributed by atoms with Crippen molar-refractivity contribution in [3.05, 3.63) is 53.9 Å². The first-order chi connectivity index (χ1) is 25.6. The highest BCUT2D eigenvalue weighted by molar-refractivity contribution is 5.89. The third kappa shape index (κ3) is 12.9. The minimum atomic E-state index is -1.20. The average molecular weight is 757 g/mol. The Bertz CT molecular complexity index is 1520. The molecule has 1 fully saturated rings. The van der Waals surface area contributed by atoms with Crippen molar-refractivity contribution in [3.8, 4) is 11.5 Å². The van der Waals surface area contributed by atoms with Crippen LogP contribution in [0, 0.1) is 29.1 Å². The SMILES string of the molecule is COCCCOc1cc(CC(CC2C(CC(C(=O)NCC(C)(C)C(N)=O)C(C)C)OCN2C(=O)OC(C)OC(=O)c2cccnc2)C(C)C)ccc1OC. The number of hydrogen-bond acceptors (Lipinski definition) is 11. The molecule has 3 N–H and O–H groups in total. The number of ether oxygens (including phenoxy) is 6. The van der Waals surface area contributed by atoms with E-state index in [4.69, 9.17) is 34.2 Å². The second kappa shape index (κ2) is 20.9. The van der Waals surface area contributed by atoms with Gasteiger partial charge in [-0.15, -0.1) is 0 Å².